The molecule has 1 heterocycles. The Balaban J connectivity index is 0.00000484. The van der Waals surface area contributed by atoms with Gasteiger partial charge in [-0.15, -0.1) is 24.0 Å². The molecule has 0 bridgehead atoms. The number of hydrogen-bond acceptors (Lipinski definition) is 3. The lowest BCUT2D eigenvalue weighted by Crippen LogP contribution is -2.49. The van der Waals surface area contributed by atoms with Crippen LogP contribution in [0.1, 0.15) is 47.5 Å². The molecule has 0 radical (unpaired) electrons. The third-order valence-electron chi connectivity index (χ3n) is 4.07. The van der Waals surface area contributed by atoms with Gasteiger partial charge >= 0.3 is 0 Å². The van der Waals surface area contributed by atoms with Crippen molar-refractivity contribution in [3.8, 4) is 0 Å². The maximum Gasteiger partial charge on any atom is 0.191 e. The van der Waals surface area contributed by atoms with Gasteiger partial charge in [0.05, 0.1) is 6.54 Å². The number of likely N-dealkylation sites (tertiary alicyclic amines) is 1. The number of aliphatic imine (C=N–C) groups is 1. The molecule has 0 aromatic carbocycles. The van der Waals surface area contributed by atoms with Crippen LogP contribution in [0.4, 0.5) is 0 Å². The Bertz CT molecular complexity index is 339. The molecule has 0 aromatic rings. The van der Waals surface area contributed by atoms with Gasteiger partial charge < -0.3 is 15.5 Å². The van der Waals surface area contributed by atoms with E-state index >= 15 is 0 Å². The largest absolute Gasteiger partial charge is 0.357 e. The van der Waals surface area contributed by atoms with E-state index in [0.717, 1.165) is 25.0 Å². The molecule has 0 aliphatic carbocycles. The molecule has 0 aromatic heterocycles. The van der Waals surface area contributed by atoms with Crippen molar-refractivity contribution in [1.82, 2.24) is 15.5 Å². The van der Waals surface area contributed by atoms with Gasteiger partial charge in [-0.2, -0.15) is 11.8 Å². The molecule has 1 rings (SSSR count). The van der Waals surface area contributed by atoms with Crippen molar-refractivity contribution in [2.45, 2.75) is 58.2 Å². The number of nitrogens with one attached hydrogen (secondary N) is 2. The first-order chi connectivity index (χ1) is 10.4. The number of hydrogen-bond donors (Lipinski definition) is 2. The average molecular weight is 456 g/mol. The van der Waals surface area contributed by atoms with Crippen LogP contribution >= 0.6 is 35.7 Å². The van der Waals surface area contributed by atoms with Crippen LogP contribution in [0.2, 0.25) is 0 Å². The van der Waals surface area contributed by atoms with E-state index in [2.05, 4.69) is 56.4 Å². The molecule has 4 nitrogen and oxygen atoms in total. The van der Waals surface area contributed by atoms with Crippen molar-refractivity contribution in [2.75, 3.05) is 39.0 Å². The number of nitrogens with zero attached hydrogens (tertiary/aromatic N) is 2. The van der Waals surface area contributed by atoms with Crippen LogP contribution in [0.25, 0.3) is 0 Å². The van der Waals surface area contributed by atoms with Crippen LogP contribution < -0.4 is 10.6 Å². The molecule has 0 spiro atoms. The van der Waals surface area contributed by atoms with Crippen molar-refractivity contribution in [2.24, 2.45) is 10.9 Å². The molecule has 2 N–H and O–H groups in total. The van der Waals surface area contributed by atoms with Crippen molar-refractivity contribution < 1.29 is 0 Å². The second-order valence-corrected chi connectivity index (χ2v) is 8.79. The second kappa shape index (κ2) is 11.8. The summed E-state index contributed by atoms with van der Waals surface area (Å²) < 4.78 is 0.197. The zero-order valence-corrected chi connectivity index (χ0v) is 19.0. The van der Waals surface area contributed by atoms with Gasteiger partial charge in [-0.25, -0.2) is 0 Å². The van der Waals surface area contributed by atoms with Crippen LogP contribution in [-0.4, -0.2) is 60.6 Å². The summed E-state index contributed by atoms with van der Waals surface area (Å²) in [6.07, 6.45) is 4.58. The Morgan fingerprint density at radius 1 is 1.30 bits per heavy atom. The topological polar surface area (TPSA) is 39.7 Å². The van der Waals surface area contributed by atoms with E-state index in [9.17, 15) is 0 Å². The number of thioether (sulfide) groups is 1. The molecule has 1 aliphatic heterocycles. The molecule has 138 valence electrons. The molecular weight excluding hydrogens is 419 g/mol. The predicted molar refractivity (Wildman–Crippen MR) is 116 cm³/mol. The van der Waals surface area contributed by atoms with E-state index < -0.39 is 0 Å². The van der Waals surface area contributed by atoms with Gasteiger partial charge in [0, 0.05) is 37.0 Å². The Hall–Kier alpha value is 0.310. The summed E-state index contributed by atoms with van der Waals surface area (Å²) in [5, 5.41) is 7.02. The van der Waals surface area contributed by atoms with Crippen molar-refractivity contribution in [1.29, 1.82) is 0 Å². The first kappa shape index (κ1) is 23.3. The molecule has 1 fully saturated rings. The number of rotatable bonds is 7. The van der Waals surface area contributed by atoms with Crippen LogP contribution in [0.5, 0.6) is 0 Å². The van der Waals surface area contributed by atoms with Crippen LogP contribution in [0.3, 0.4) is 0 Å². The molecule has 1 saturated heterocycles. The zero-order chi connectivity index (χ0) is 16.6. The van der Waals surface area contributed by atoms with E-state index in [-0.39, 0.29) is 28.7 Å². The third kappa shape index (κ3) is 10.0. The standard InChI is InChI=1S/C17H36N4S.HI/c1-7-18-16(19-13-17(4,5)22-6)20-15-8-10-21(11-9-15)12-14(2)3;/h14-15H,7-13H2,1-6H3,(H2,18,19,20);1H. The Kier molecular flexibility index (Phi) is 12.0. The maximum atomic E-state index is 4.78. The molecule has 0 amide bonds. The fourth-order valence-corrected chi connectivity index (χ4v) is 2.82. The summed E-state index contributed by atoms with van der Waals surface area (Å²) in [5.74, 6) is 1.74. The summed E-state index contributed by atoms with van der Waals surface area (Å²) in [6.45, 7) is 16.6. The predicted octanol–water partition coefficient (Wildman–Crippen LogP) is 3.42. The Morgan fingerprint density at radius 3 is 2.39 bits per heavy atom. The van der Waals surface area contributed by atoms with Crippen LogP contribution in [0.15, 0.2) is 4.99 Å². The minimum Gasteiger partial charge on any atom is -0.357 e. The van der Waals surface area contributed by atoms with Crippen LogP contribution in [-0.2, 0) is 0 Å². The molecule has 1 aliphatic rings. The monoisotopic (exact) mass is 456 g/mol. The lowest BCUT2D eigenvalue weighted by molar-refractivity contribution is 0.187. The Labute approximate surface area is 165 Å². The van der Waals surface area contributed by atoms with E-state index in [0.29, 0.717) is 6.04 Å². The van der Waals surface area contributed by atoms with E-state index in [1.807, 2.05) is 11.8 Å². The highest BCUT2D eigenvalue weighted by molar-refractivity contribution is 14.0. The molecular formula is C17H37IN4S. The summed E-state index contributed by atoms with van der Waals surface area (Å²) >= 11 is 1.87. The molecule has 0 unspecified atom stereocenters. The maximum absolute atomic E-state index is 4.78. The Morgan fingerprint density at radius 2 is 1.91 bits per heavy atom. The lowest BCUT2D eigenvalue weighted by Gasteiger charge is -2.34. The summed E-state index contributed by atoms with van der Waals surface area (Å²) in [7, 11) is 0. The molecule has 23 heavy (non-hydrogen) atoms. The molecule has 0 saturated carbocycles. The SMILES string of the molecule is CCNC(=NCC(C)(C)SC)NC1CCN(CC(C)C)CC1.I. The third-order valence-corrected chi connectivity index (χ3v) is 5.30. The van der Waals surface area contributed by atoms with Crippen molar-refractivity contribution in [3.05, 3.63) is 0 Å². The van der Waals surface area contributed by atoms with E-state index in [1.54, 1.807) is 0 Å². The van der Waals surface area contributed by atoms with Gasteiger partial charge in [-0.1, -0.05) is 13.8 Å². The van der Waals surface area contributed by atoms with Crippen molar-refractivity contribution >= 4 is 41.7 Å². The number of piperidine rings is 1. The number of guanidine groups is 1. The van der Waals surface area contributed by atoms with E-state index in [1.165, 1.54) is 32.5 Å². The molecule has 0 atom stereocenters. The first-order valence-corrected chi connectivity index (χ1v) is 9.91. The van der Waals surface area contributed by atoms with Gasteiger partial charge in [0.1, 0.15) is 0 Å². The fraction of sp³-hybridized carbons (Fsp3) is 0.941. The minimum absolute atomic E-state index is 0. The summed E-state index contributed by atoms with van der Waals surface area (Å²) in [6, 6.07) is 0.554. The summed E-state index contributed by atoms with van der Waals surface area (Å²) in [4.78, 5) is 7.36. The summed E-state index contributed by atoms with van der Waals surface area (Å²) in [5.41, 5.74) is 0. The fourth-order valence-electron chi connectivity index (χ4n) is 2.62. The normalized spacial score (nSPS) is 18.0. The van der Waals surface area contributed by atoms with Crippen LogP contribution in [0, 0.1) is 5.92 Å². The second-order valence-electron chi connectivity index (χ2n) is 7.27. The molecule has 6 heteroatoms. The van der Waals surface area contributed by atoms with Gasteiger partial charge in [0.25, 0.3) is 0 Å². The highest BCUT2D eigenvalue weighted by Crippen LogP contribution is 2.21. The smallest absolute Gasteiger partial charge is 0.191 e. The lowest BCUT2D eigenvalue weighted by atomic mass is 10.0. The highest BCUT2D eigenvalue weighted by Gasteiger charge is 2.21. The van der Waals surface area contributed by atoms with E-state index in [4.69, 9.17) is 4.99 Å². The van der Waals surface area contributed by atoms with Gasteiger partial charge in [0.15, 0.2) is 5.96 Å². The number of halogens is 1. The first-order valence-electron chi connectivity index (χ1n) is 8.68. The zero-order valence-electron chi connectivity index (χ0n) is 15.8. The van der Waals surface area contributed by atoms with Gasteiger partial charge in [-0.05, 0) is 45.8 Å². The highest BCUT2D eigenvalue weighted by atomic mass is 127. The van der Waals surface area contributed by atoms with Crippen molar-refractivity contribution in [3.63, 3.8) is 0 Å². The van der Waals surface area contributed by atoms with Gasteiger partial charge in [-0.3, -0.25) is 4.99 Å². The minimum atomic E-state index is 0. The average Bonchev–Trinajstić information content (AvgIpc) is 2.46. The van der Waals surface area contributed by atoms with Gasteiger partial charge in [0.2, 0.25) is 0 Å². The quantitative estimate of drug-likeness (QED) is 0.350.